The molecule has 3 rings (SSSR count). The Morgan fingerprint density at radius 3 is 2.45 bits per heavy atom. The SMILES string of the molecule is CCCCOc1ccc(C=CC(=O)Nc2ccc(Cl)cc2C(=O)c2ccccc2)cc1. The Balaban J connectivity index is 1.68. The van der Waals surface area contributed by atoms with Gasteiger partial charge in [0.2, 0.25) is 5.91 Å². The fourth-order valence-electron chi connectivity index (χ4n) is 2.91. The predicted molar refractivity (Wildman–Crippen MR) is 126 cm³/mol. The molecule has 0 saturated heterocycles. The van der Waals surface area contributed by atoms with Crippen molar-refractivity contribution >= 4 is 35.1 Å². The molecule has 3 aromatic rings. The molecule has 0 aromatic heterocycles. The number of hydrogen-bond acceptors (Lipinski definition) is 3. The monoisotopic (exact) mass is 433 g/mol. The molecule has 1 amide bonds. The summed E-state index contributed by atoms with van der Waals surface area (Å²) in [5.74, 6) is 0.258. The van der Waals surface area contributed by atoms with Crippen molar-refractivity contribution in [1.29, 1.82) is 0 Å². The van der Waals surface area contributed by atoms with E-state index in [0.717, 1.165) is 24.2 Å². The topological polar surface area (TPSA) is 55.4 Å². The summed E-state index contributed by atoms with van der Waals surface area (Å²) >= 11 is 6.09. The molecule has 1 N–H and O–H groups in total. The lowest BCUT2D eigenvalue weighted by Gasteiger charge is -2.10. The van der Waals surface area contributed by atoms with E-state index in [9.17, 15) is 9.59 Å². The van der Waals surface area contributed by atoms with Gasteiger partial charge in [-0.15, -0.1) is 0 Å². The van der Waals surface area contributed by atoms with Crippen molar-refractivity contribution in [3.63, 3.8) is 0 Å². The molecule has 0 bridgehead atoms. The van der Waals surface area contributed by atoms with Crippen LogP contribution in [0.4, 0.5) is 5.69 Å². The first kappa shape index (κ1) is 22.3. The lowest BCUT2D eigenvalue weighted by molar-refractivity contribution is -0.111. The highest BCUT2D eigenvalue weighted by molar-refractivity contribution is 6.31. The minimum atomic E-state index is -0.340. The number of carbonyl (C=O) groups excluding carboxylic acids is 2. The van der Waals surface area contributed by atoms with Crippen LogP contribution in [0.2, 0.25) is 5.02 Å². The number of halogens is 1. The molecule has 0 radical (unpaired) electrons. The molecule has 0 fully saturated rings. The fourth-order valence-corrected chi connectivity index (χ4v) is 3.09. The molecule has 0 saturated carbocycles. The van der Waals surface area contributed by atoms with Crippen molar-refractivity contribution in [1.82, 2.24) is 0 Å². The van der Waals surface area contributed by atoms with Gasteiger partial charge in [-0.1, -0.05) is 67.4 Å². The second kappa shape index (κ2) is 11.1. The van der Waals surface area contributed by atoms with Crippen LogP contribution in [0, 0.1) is 0 Å². The second-order valence-electron chi connectivity index (χ2n) is 6.98. The molecule has 0 unspecified atom stereocenters. The summed E-state index contributed by atoms with van der Waals surface area (Å²) in [5.41, 5.74) is 2.15. The quantitative estimate of drug-likeness (QED) is 0.241. The van der Waals surface area contributed by atoms with Gasteiger partial charge >= 0.3 is 0 Å². The number of benzene rings is 3. The molecule has 0 aliphatic carbocycles. The minimum absolute atomic E-state index is 0.207. The predicted octanol–water partition coefficient (Wildman–Crippen LogP) is 6.40. The maximum Gasteiger partial charge on any atom is 0.248 e. The van der Waals surface area contributed by atoms with Crippen LogP contribution in [0.15, 0.2) is 78.9 Å². The highest BCUT2D eigenvalue weighted by Gasteiger charge is 2.15. The van der Waals surface area contributed by atoms with Crippen LogP contribution >= 0.6 is 11.6 Å². The molecule has 0 atom stereocenters. The number of hydrogen-bond donors (Lipinski definition) is 1. The van der Waals surface area contributed by atoms with Crippen LogP contribution in [-0.4, -0.2) is 18.3 Å². The van der Waals surface area contributed by atoms with E-state index in [1.54, 1.807) is 48.5 Å². The average molecular weight is 434 g/mol. The highest BCUT2D eigenvalue weighted by atomic mass is 35.5. The van der Waals surface area contributed by atoms with Crippen molar-refractivity contribution in [2.24, 2.45) is 0 Å². The molecule has 5 heteroatoms. The number of unbranched alkanes of at least 4 members (excludes halogenated alkanes) is 1. The van der Waals surface area contributed by atoms with E-state index in [1.807, 2.05) is 30.3 Å². The summed E-state index contributed by atoms with van der Waals surface area (Å²) < 4.78 is 5.64. The maximum atomic E-state index is 12.9. The number of ketones is 1. The van der Waals surface area contributed by atoms with Crippen LogP contribution < -0.4 is 10.1 Å². The summed E-state index contributed by atoms with van der Waals surface area (Å²) in [6, 6.07) is 21.2. The Labute approximate surface area is 187 Å². The Morgan fingerprint density at radius 1 is 1.00 bits per heavy atom. The first-order valence-electron chi connectivity index (χ1n) is 10.2. The lowest BCUT2D eigenvalue weighted by Crippen LogP contribution is -2.12. The van der Waals surface area contributed by atoms with Crippen LogP contribution in [0.25, 0.3) is 6.08 Å². The molecular formula is C26H24ClNO3. The Kier molecular flexibility index (Phi) is 8.02. The maximum absolute atomic E-state index is 12.9. The molecule has 31 heavy (non-hydrogen) atoms. The van der Waals surface area contributed by atoms with Gasteiger partial charge in [0, 0.05) is 22.2 Å². The first-order chi connectivity index (χ1) is 15.1. The van der Waals surface area contributed by atoms with Crippen LogP contribution in [0.1, 0.15) is 41.3 Å². The molecule has 3 aromatic carbocycles. The fraction of sp³-hybridized carbons (Fsp3) is 0.154. The molecule has 0 aliphatic rings. The molecule has 0 aliphatic heterocycles. The van der Waals surface area contributed by atoms with Gasteiger partial charge in [0.15, 0.2) is 5.78 Å². The normalized spacial score (nSPS) is 10.8. The lowest BCUT2D eigenvalue weighted by atomic mass is 10.0. The molecular weight excluding hydrogens is 410 g/mol. The van der Waals surface area contributed by atoms with Crippen molar-refractivity contribution < 1.29 is 14.3 Å². The number of rotatable bonds is 9. The van der Waals surface area contributed by atoms with Crippen molar-refractivity contribution in [2.45, 2.75) is 19.8 Å². The zero-order valence-corrected chi connectivity index (χ0v) is 18.1. The van der Waals surface area contributed by atoms with E-state index in [4.69, 9.17) is 16.3 Å². The van der Waals surface area contributed by atoms with Gasteiger partial charge in [-0.3, -0.25) is 9.59 Å². The molecule has 0 heterocycles. The zero-order chi connectivity index (χ0) is 22.1. The van der Waals surface area contributed by atoms with Crippen molar-refractivity contribution in [2.75, 3.05) is 11.9 Å². The highest BCUT2D eigenvalue weighted by Crippen LogP contribution is 2.24. The van der Waals surface area contributed by atoms with Gasteiger partial charge < -0.3 is 10.1 Å². The summed E-state index contributed by atoms with van der Waals surface area (Å²) in [5, 5.41) is 3.20. The molecule has 4 nitrogen and oxygen atoms in total. The third kappa shape index (κ3) is 6.56. The standard InChI is InChI=1S/C26H24ClNO3/c1-2-3-17-31-22-13-9-19(10-14-22)11-16-25(29)28-24-15-12-21(27)18-23(24)26(30)20-7-5-4-6-8-20/h4-16,18H,2-3,17H2,1H3,(H,28,29). The van der Waals surface area contributed by atoms with Gasteiger partial charge in [0.25, 0.3) is 0 Å². The van der Waals surface area contributed by atoms with Gasteiger partial charge in [0.1, 0.15) is 5.75 Å². The van der Waals surface area contributed by atoms with E-state index in [1.165, 1.54) is 6.08 Å². The van der Waals surface area contributed by atoms with Crippen molar-refractivity contribution in [3.05, 3.63) is 101 Å². The Bertz CT molecular complexity index is 1060. The average Bonchev–Trinajstić information content (AvgIpc) is 2.80. The van der Waals surface area contributed by atoms with Crippen LogP contribution in [-0.2, 0) is 4.79 Å². The number of nitrogens with one attached hydrogen (secondary N) is 1. The second-order valence-corrected chi connectivity index (χ2v) is 7.42. The Hall–Kier alpha value is -3.37. The smallest absolute Gasteiger partial charge is 0.248 e. The van der Waals surface area contributed by atoms with E-state index in [2.05, 4.69) is 12.2 Å². The third-order valence-corrected chi connectivity index (χ3v) is 4.83. The van der Waals surface area contributed by atoms with E-state index in [0.29, 0.717) is 28.4 Å². The van der Waals surface area contributed by atoms with Crippen molar-refractivity contribution in [3.8, 4) is 5.75 Å². The minimum Gasteiger partial charge on any atom is -0.494 e. The van der Waals surface area contributed by atoms with Gasteiger partial charge in [-0.25, -0.2) is 0 Å². The van der Waals surface area contributed by atoms with E-state index in [-0.39, 0.29) is 11.7 Å². The number of amides is 1. The largest absolute Gasteiger partial charge is 0.494 e. The summed E-state index contributed by atoms with van der Waals surface area (Å²) in [6.07, 6.45) is 5.24. The summed E-state index contributed by atoms with van der Waals surface area (Å²) in [7, 11) is 0. The molecule has 0 spiro atoms. The van der Waals surface area contributed by atoms with Gasteiger partial charge in [-0.2, -0.15) is 0 Å². The van der Waals surface area contributed by atoms with Crippen LogP contribution in [0.3, 0.4) is 0 Å². The number of anilines is 1. The van der Waals surface area contributed by atoms with Gasteiger partial charge in [-0.05, 0) is 48.4 Å². The first-order valence-corrected chi connectivity index (χ1v) is 10.6. The third-order valence-electron chi connectivity index (χ3n) is 4.59. The summed E-state index contributed by atoms with van der Waals surface area (Å²) in [4.78, 5) is 25.3. The zero-order valence-electron chi connectivity index (χ0n) is 17.3. The van der Waals surface area contributed by atoms with Gasteiger partial charge in [0.05, 0.1) is 12.3 Å². The van der Waals surface area contributed by atoms with E-state index < -0.39 is 0 Å². The van der Waals surface area contributed by atoms with Crippen LogP contribution in [0.5, 0.6) is 5.75 Å². The summed E-state index contributed by atoms with van der Waals surface area (Å²) in [6.45, 7) is 2.81. The number of ether oxygens (including phenoxy) is 1. The molecule has 158 valence electrons. The van der Waals surface area contributed by atoms with E-state index >= 15 is 0 Å². The number of carbonyl (C=O) groups is 2. The Morgan fingerprint density at radius 2 is 1.74 bits per heavy atom.